The molecular weight excluding hydrogens is 146 g/mol. The number of likely N-dealkylation sites (N-methyl/N-ethyl adjacent to an activating group) is 1. The molecule has 1 aliphatic rings. The monoisotopic (exact) mass is 161 g/mol. The van der Waals surface area contributed by atoms with E-state index in [-0.39, 0.29) is 12.1 Å². The Kier molecular flexibility index (Phi) is 2.84. The van der Waals surface area contributed by atoms with Crippen LogP contribution in [0.1, 0.15) is 6.92 Å². The minimum Gasteiger partial charge on any atom is -0.389 e. The van der Waals surface area contributed by atoms with Crippen molar-refractivity contribution in [2.75, 3.05) is 13.7 Å². The molecule has 1 aliphatic heterocycles. The minimum absolute atomic E-state index is 0.152. The zero-order valence-corrected chi connectivity index (χ0v) is 6.82. The molecule has 0 amide bonds. The molecule has 0 bridgehead atoms. The quantitative estimate of drug-likeness (QED) is 0.448. The highest BCUT2D eigenvalue weighted by atomic mass is 16.5. The second-order valence-corrected chi connectivity index (χ2v) is 2.91. The Labute approximate surface area is 66.2 Å². The zero-order valence-electron chi connectivity index (χ0n) is 6.82. The second-order valence-electron chi connectivity index (χ2n) is 2.91. The highest BCUT2D eigenvalue weighted by Crippen LogP contribution is 2.14. The molecule has 4 atom stereocenters. The largest absolute Gasteiger partial charge is 0.389 e. The van der Waals surface area contributed by atoms with Crippen molar-refractivity contribution >= 4 is 0 Å². The van der Waals surface area contributed by atoms with Gasteiger partial charge >= 0.3 is 0 Å². The third kappa shape index (κ3) is 1.70. The molecule has 0 aromatic heterocycles. The van der Waals surface area contributed by atoms with Crippen LogP contribution in [0.15, 0.2) is 0 Å². The predicted octanol–water partition coefficient (Wildman–Crippen LogP) is -1.29. The summed E-state index contributed by atoms with van der Waals surface area (Å²) in [5.74, 6) is 0. The van der Waals surface area contributed by atoms with E-state index >= 15 is 0 Å². The third-order valence-electron chi connectivity index (χ3n) is 2.15. The molecule has 1 fully saturated rings. The van der Waals surface area contributed by atoms with Gasteiger partial charge in [0.25, 0.3) is 0 Å². The molecule has 3 N–H and O–H groups in total. The molecule has 0 aliphatic carbocycles. The Hall–Kier alpha value is -0.160. The zero-order chi connectivity index (χ0) is 8.43. The summed E-state index contributed by atoms with van der Waals surface area (Å²) in [5.41, 5.74) is 0. The summed E-state index contributed by atoms with van der Waals surface area (Å²) >= 11 is 0. The van der Waals surface area contributed by atoms with Crippen molar-refractivity contribution in [3.8, 4) is 0 Å². The van der Waals surface area contributed by atoms with E-state index in [9.17, 15) is 10.2 Å². The van der Waals surface area contributed by atoms with E-state index in [0.717, 1.165) is 0 Å². The van der Waals surface area contributed by atoms with E-state index in [4.69, 9.17) is 4.74 Å². The molecule has 0 saturated carbocycles. The lowest BCUT2D eigenvalue weighted by atomic mass is 9.99. The first-order valence-corrected chi connectivity index (χ1v) is 3.82. The Morgan fingerprint density at radius 1 is 1.36 bits per heavy atom. The van der Waals surface area contributed by atoms with Gasteiger partial charge in [-0.1, -0.05) is 0 Å². The Bertz CT molecular complexity index is 129. The summed E-state index contributed by atoms with van der Waals surface area (Å²) in [5, 5.41) is 21.6. The summed E-state index contributed by atoms with van der Waals surface area (Å²) in [7, 11) is 1.74. The Balaban J connectivity index is 2.52. The van der Waals surface area contributed by atoms with Crippen LogP contribution in [0.2, 0.25) is 0 Å². The molecule has 4 nitrogen and oxygen atoms in total. The maximum Gasteiger partial charge on any atom is 0.107 e. The lowest BCUT2D eigenvalue weighted by Crippen LogP contribution is -2.56. The van der Waals surface area contributed by atoms with Crippen molar-refractivity contribution in [3.63, 3.8) is 0 Å². The summed E-state index contributed by atoms with van der Waals surface area (Å²) in [6, 6.07) is -0.152. The number of hydrogen-bond donors (Lipinski definition) is 3. The van der Waals surface area contributed by atoms with Crippen molar-refractivity contribution in [1.29, 1.82) is 0 Å². The van der Waals surface area contributed by atoms with Crippen LogP contribution < -0.4 is 5.32 Å². The molecule has 11 heavy (non-hydrogen) atoms. The van der Waals surface area contributed by atoms with Crippen LogP contribution >= 0.6 is 0 Å². The van der Waals surface area contributed by atoms with Gasteiger partial charge in [0, 0.05) is 0 Å². The standard InChI is InChI=1S/C7H15NO3/c1-4-6(9)7(10)5(8-2)3-11-4/h4-10H,3H2,1-2H3/t4?,5-,6+,7?/m1/s1. The van der Waals surface area contributed by atoms with Gasteiger partial charge in [-0.05, 0) is 14.0 Å². The summed E-state index contributed by atoms with van der Waals surface area (Å²) < 4.78 is 5.19. The first-order chi connectivity index (χ1) is 5.16. The van der Waals surface area contributed by atoms with Crippen LogP contribution in [0.5, 0.6) is 0 Å². The minimum atomic E-state index is -0.777. The van der Waals surface area contributed by atoms with E-state index in [1.165, 1.54) is 0 Å². The highest BCUT2D eigenvalue weighted by molar-refractivity contribution is 4.87. The van der Waals surface area contributed by atoms with Gasteiger partial charge in [-0.2, -0.15) is 0 Å². The van der Waals surface area contributed by atoms with Gasteiger partial charge in [0.05, 0.1) is 24.9 Å². The summed E-state index contributed by atoms with van der Waals surface area (Å²) in [6.07, 6.45) is -1.76. The van der Waals surface area contributed by atoms with Crippen LogP contribution in [0.4, 0.5) is 0 Å². The topological polar surface area (TPSA) is 61.7 Å². The fourth-order valence-electron chi connectivity index (χ4n) is 1.22. The Morgan fingerprint density at radius 2 is 2.00 bits per heavy atom. The molecule has 66 valence electrons. The van der Waals surface area contributed by atoms with Crippen LogP contribution in [0.3, 0.4) is 0 Å². The molecule has 1 rings (SSSR count). The van der Waals surface area contributed by atoms with E-state index in [1.54, 1.807) is 14.0 Å². The molecule has 1 heterocycles. The smallest absolute Gasteiger partial charge is 0.107 e. The molecule has 0 spiro atoms. The molecule has 0 aromatic carbocycles. The maximum absolute atomic E-state index is 9.42. The SMILES string of the molecule is CN[C@@H]1COC(C)[C@H](O)C1O. The lowest BCUT2D eigenvalue weighted by Gasteiger charge is -2.35. The first-order valence-electron chi connectivity index (χ1n) is 3.82. The van der Waals surface area contributed by atoms with Crippen LogP contribution in [-0.4, -0.2) is 48.2 Å². The third-order valence-corrected chi connectivity index (χ3v) is 2.15. The molecule has 2 unspecified atom stereocenters. The molecule has 1 saturated heterocycles. The maximum atomic E-state index is 9.42. The van der Waals surface area contributed by atoms with Gasteiger partial charge in [-0.25, -0.2) is 0 Å². The number of rotatable bonds is 1. The fourth-order valence-corrected chi connectivity index (χ4v) is 1.22. The molecule has 4 heteroatoms. The molecular formula is C7H15NO3. The second kappa shape index (κ2) is 3.49. The fraction of sp³-hybridized carbons (Fsp3) is 1.00. The average molecular weight is 161 g/mol. The van der Waals surface area contributed by atoms with Gasteiger partial charge in [-0.15, -0.1) is 0 Å². The average Bonchev–Trinajstić information content (AvgIpc) is 2.01. The molecule has 0 aromatic rings. The van der Waals surface area contributed by atoms with Crippen molar-refractivity contribution in [2.45, 2.75) is 31.3 Å². The number of nitrogens with one attached hydrogen (secondary N) is 1. The molecule has 0 radical (unpaired) electrons. The number of hydrogen-bond acceptors (Lipinski definition) is 4. The summed E-state index contributed by atoms with van der Waals surface area (Å²) in [6.45, 7) is 2.20. The summed E-state index contributed by atoms with van der Waals surface area (Å²) in [4.78, 5) is 0. The van der Waals surface area contributed by atoms with Gasteiger partial charge in [0.2, 0.25) is 0 Å². The Morgan fingerprint density at radius 3 is 2.55 bits per heavy atom. The first kappa shape index (κ1) is 8.93. The van der Waals surface area contributed by atoms with E-state index < -0.39 is 12.2 Å². The van der Waals surface area contributed by atoms with E-state index in [1.807, 2.05) is 0 Å². The highest BCUT2D eigenvalue weighted by Gasteiger charge is 2.34. The number of ether oxygens (including phenoxy) is 1. The van der Waals surface area contributed by atoms with Crippen molar-refractivity contribution in [1.82, 2.24) is 5.32 Å². The van der Waals surface area contributed by atoms with Gasteiger partial charge in [0.1, 0.15) is 6.10 Å². The van der Waals surface area contributed by atoms with Crippen molar-refractivity contribution in [2.24, 2.45) is 0 Å². The lowest BCUT2D eigenvalue weighted by molar-refractivity contribution is -0.142. The number of aliphatic hydroxyl groups is 2. The van der Waals surface area contributed by atoms with E-state index in [2.05, 4.69) is 5.32 Å². The van der Waals surface area contributed by atoms with Crippen molar-refractivity contribution < 1.29 is 14.9 Å². The van der Waals surface area contributed by atoms with Crippen LogP contribution in [0.25, 0.3) is 0 Å². The van der Waals surface area contributed by atoms with Crippen molar-refractivity contribution in [3.05, 3.63) is 0 Å². The van der Waals surface area contributed by atoms with Crippen LogP contribution in [-0.2, 0) is 4.74 Å². The normalized spacial score (nSPS) is 45.8. The predicted molar refractivity (Wildman–Crippen MR) is 40.3 cm³/mol. The number of aliphatic hydroxyl groups excluding tert-OH is 2. The van der Waals surface area contributed by atoms with E-state index in [0.29, 0.717) is 6.61 Å². The van der Waals surface area contributed by atoms with Gasteiger partial charge < -0.3 is 20.3 Å². The van der Waals surface area contributed by atoms with Crippen LogP contribution in [0, 0.1) is 0 Å². The van der Waals surface area contributed by atoms with Gasteiger partial charge in [0.15, 0.2) is 0 Å². The van der Waals surface area contributed by atoms with Gasteiger partial charge in [-0.3, -0.25) is 0 Å².